The van der Waals surface area contributed by atoms with E-state index in [2.05, 4.69) is 21.8 Å². The number of unbranched alkanes of at least 4 members (excludes halogenated alkanes) is 2. The molecular formula is C24H39N5O2. The second-order valence-electron chi connectivity index (χ2n) is 9.53. The number of nitrogens with two attached hydrogens (primary N) is 1. The Balaban J connectivity index is 1.23. The summed E-state index contributed by atoms with van der Waals surface area (Å²) in [4.78, 5) is 25.9. The van der Waals surface area contributed by atoms with Gasteiger partial charge in [-0.25, -0.2) is 0 Å². The van der Waals surface area contributed by atoms with E-state index in [-0.39, 0.29) is 5.91 Å². The lowest BCUT2D eigenvalue weighted by atomic mass is 9.90. The van der Waals surface area contributed by atoms with Crippen molar-refractivity contribution in [2.45, 2.75) is 90.0 Å². The van der Waals surface area contributed by atoms with Crippen LogP contribution in [-0.2, 0) is 11.2 Å². The van der Waals surface area contributed by atoms with Gasteiger partial charge in [-0.3, -0.25) is 9.69 Å². The molecule has 2 N–H and O–H groups in total. The molecule has 0 bridgehead atoms. The molecule has 172 valence electrons. The summed E-state index contributed by atoms with van der Waals surface area (Å²) in [6, 6.07) is 1.16. The standard InChI is InChI=1S/C24H39N5O2/c1-2-3-16-31-24-26-22(25)20-17-21(30)29(23(20)27-24)13-7-6-8-18-11-14-28(15-12-18)19-9-4-5-10-19/h18-19H,2-17H2,1H3,(H2,25,26,27). The zero-order chi connectivity index (χ0) is 21.6. The summed E-state index contributed by atoms with van der Waals surface area (Å²) in [6.07, 6.45) is 14.1. The highest BCUT2D eigenvalue weighted by molar-refractivity contribution is 6.01. The normalized spacial score (nSPS) is 20.5. The van der Waals surface area contributed by atoms with Gasteiger partial charge < -0.3 is 15.4 Å². The van der Waals surface area contributed by atoms with E-state index in [0.29, 0.717) is 37.2 Å². The van der Waals surface area contributed by atoms with Crippen molar-refractivity contribution in [3.8, 4) is 6.01 Å². The number of nitrogens with zero attached hydrogens (tertiary/aromatic N) is 4. The average molecular weight is 430 g/mol. The largest absolute Gasteiger partial charge is 0.463 e. The average Bonchev–Trinajstić information content (AvgIpc) is 3.41. The van der Waals surface area contributed by atoms with Crippen molar-refractivity contribution < 1.29 is 9.53 Å². The van der Waals surface area contributed by atoms with E-state index in [0.717, 1.165) is 43.2 Å². The van der Waals surface area contributed by atoms with E-state index in [9.17, 15) is 4.79 Å². The Morgan fingerprint density at radius 1 is 1.06 bits per heavy atom. The van der Waals surface area contributed by atoms with Crippen molar-refractivity contribution in [3.63, 3.8) is 0 Å². The molecule has 7 heteroatoms. The Bertz CT molecular complexity index is 742. The number of rotatable bonds is 10. The fraction of sp³-hybridized carbons (Fsp3) is 0.792. The molecule has 1 saturated carbocycles. The summed E-state index contributed by atoms with van der Waals surface area (Å²) in [5.41, 5.74) is 6.85. The minimum atomic E-state index is 0.0755. The van der Waals surface area contributed by atoms with Gasteiger partial charge >= 0.3 is 6.01 Å². The Hall–Kier alpha value is -1.89. The fourth-order valence-corrected chi connectivity index (χ4v) is 5.41. The molecule has 31 heavy (non-hydrogen) atoms. The number of nitrogen functional groups attached to an aromatic ring is 1. The number of fused-ring (bicyclic) bond motifs is 1. The molecule has 2 fully saturated rings. The Morgan fingerprint density at radius 2 is 1.84 bits per heavy atom. The predicted octanol–water partition coefficient (Wildman–Crippen LogP) is 3.95. The molecule has 0 unspecified atom stereocenters. The number of hydrogen-bond acceptors (Lipinski definition) is 6. The van der Waals surface area contributed by atoms with Gasteiger partial charge in [0, 0.05) is 18.2 Å². The second-order valence-corrected chi connectivity index (χ2v) is 9.53. The van der Waals surface area contributed by atoms with Crippen molar-refractivity contribution in [1.29, 1.82) is 0 Å². The molecule has 1 amide bonds. The molecule has 2 aliphatic heterocycles. The number of ether oxygens (including phenoxy) is 1. The quantitative estimate of drug-likeness (QED) is 0.567. The van der Waals surface area contributed by atoms with Crippen LogP contribution in [0.25, 0.3) is 0 Å². The molecule has 0 spiro atoms. The molecule has 0 atom stereocenters. The van der Waals surface area contributed by atoms with E-state index in [1.807, 2.05) is 0 Å². The molecule has 1 aromatic rings. The molecule has 0 aromatic carbocycles. The lowest BCUT2D eigenvalue weighted by molar-refractivity contribution is -0.117. The maximum absolute atomic E-state index is 12.6. The first-order valence-electron chi connectivity index (χ1n) is 12.5. The molecule has 1 aromatic heterocycles. The summed E-state index contributed by atoms with van der Waals surface area (Å²) in [5, 5.41) is 0. The van der Waals surface area contributed by atoms with Crippen molar-refractivity contribution in [1.82, 2.24) is 14.9 Å². The fourth-order valence-electron chi connectivity index (χ4n) is 5.41. The second kappa shape index (κ2) is 10.6. The predicted molar refractivity (Wildman–Crippen MR) is 123 cm³/mol. The first-order valence-corrected chi connectivity index (χ1v) is 12.5. The molecule has 1 aliphatic carbocycles. The summed E-state index contributed by atoms with van der Waals surface area (Å²) in [5.74, 6) is 1.96. The number of carbonyl (C=O) groups is 1. The zero-order valence-electron chi connectivity index (χ0n) is 19.2. The smallest absolute Gasteiger partial charge is 0.320 e. The van der Waals surface area contributed by atoms with Crippen LogP contribution >= 0.6 is 0 Å². The third-order valence-electron chi connectivity index (χ3n) is 7.34. The van der Waals surface area contributed by atoms with Crippen LogP contribution in [0, 0.1) is 5.92 Å². The van der Waals surface area contributed by atoms with Crippen molar-refractivity contribution in [2.24, 2.45) is 5.92 Å². The van der Waals surface area contributed by atoms with Gasteiger partial charge in [0.15, 0.2) is 0 Å². The van der Waals surface area contributed by atoms with E-state index >= 15 is 0 Å². The molecule has 3 heterocycles. The molecule has 4 rings (SSSR count). The van der Waals surface area contributed by atoms with Crippen LogP contribution in [0.3, 0.4) is 0 Å². The van der Waals surface area contributed by atoms with E-state index < -0.39 is 0 Å². The van der Waals surface area contributed by atoms with E-state index in [1.54, 1.807) is 4.90 Å². The van der Waals surface area contributed by atoms with Crippen molar-refractivity contribution >= 4 is 17.5 Å². The summed E-state index contributed by atoms with van der Waals surface area (Å²) in [7, 11) is 0. The van der Waals surface area contributed by atoms with Crippen molar-refractivity contribution in [3.05, 3.63) is 5.56 Å². The third kappa shape index (κ3) is 5.48. The lowest BCUT2D eigenvalue weighted by Gasteiger charge is -2.36. The maximum atomic E-state index is 12.6. The number of hydrogen-bond donors (Lipinski definition) is 1. The van der Waals surface area contributed by atoms with Gasteiger partial charge in [-0.15, -0.1) is 0 Å². The van der Waals surface area contributed by atoms with Crippen LogP contribution in [0.5, 0.6) is 6.01 Å². The van der Waals surface area contributed by atoms with Crippen LogP contribution in [0.4, 0.5) is 11.6 Å². The number of piperidine rings is 1. The van der Waals surface area contributed by atoms with E-state index in [4.69, 9.17) is 10.5 Å². The highest BCUT2D eigenvalue weighted by atomic mass is 16.5. The van der Waals surface area contributed by atoms with Gasteiger partial charge in [0.2, 0.25) is 5.91 Å². The monoisotopic (exact) mass is 429 g/mol. The number of aromatic nitrogens is 2. The van der Waals surface area contributed by atoms with Crippen LogP contribution in [0.1, 0.15) is 83.1 Å². The first kappa shape index (κ1) is 22.3. The summed E-state index contributed by atoms with van der Waals surface area (Å²) < 4.78 is 5.64. The first-order chi connectivity index (χ1) is 15.2. The lowest BCUT2D eigenvalue weighted by Crippen LogP contribution is -2.40. The Labute approximate surface area is 186 Å². The summed E-state index contributed by atoms with van der Waals surface area (Å²) in [6.45, 7) is 5.95. The molecular weight excluding hydrogens is 390 g/mol. The van der Waals surface area contributed by atoms with Crippen LogP contribution in [0.15, 0.2) is 0 Å². The van der Waals surface area contributed by atoms with Gasteiger partial charge in [0.1, 0.15) is 11.6 Å². The Morgan fingerprint density at radius 3 is 2.58 bits per heavy atom. The van der Waals surface area contributed by atoms with Crippen molar-refractivity contribution in [2.75, 3.05) is 36.9 Å². The molecule has 3 aliphatic rings. The number of anilines is 2. The van der Waals surface area contributed by atoms with Gasteiger partial charge in [-0.1, -0.05) is 39.0 Å². The Kier molecular flexibility index (Phi) is 7.64. The minimum absolute atomic E-state index is 0.0755. The van der Waals surface area contributed by atoms with Crippen LogP contribution < -0.4 is 15.4 Å². The van der Waals surface area contributed by atoms with Gasteiger partial charge in [0.25, 0.3) is 0 Å². The van der Waals surface area contributed by atoms with Gasteiger partial charge in [-0.2, -0.15) is 9.97 Å². The molecule has 1 saturated heterocycles. The minimum Gasteiger partial charge on any atom is -0.463 e. The maximum Gasteiger partial charge on any atom is 0.320 e. The summed E-state index contributed by atoms with van der Waals surface area (Å²) >= 11 is 0. The van der Waals surface area contributed by atoms with Gasteiger partial charge in [-0.05, 0) is 57.5 Å². The number of amides is 1. The topological polar surface area (TPSA) is 84.6 Å². The van der Waals surface area contributed by atoms with Crippen LogP contribution in [0.2, 0.25) is 0 Å². The number of likely N-dealkylation sites (tertiary alicyclic amines) is 1. The number of carbonyl (C=O) groups excluding carboxylic acids is 1. The SMILES string of the molecule is CCCCOc1nc(N)c2c(n1)N(CCCCC1CCN(C3CCCC3)CC1)C(=O)C2. The third-order valence-corrected chi connectivity index (χ3v) is 7.34. The zero-order valence-corrected chi connectivity index (χ0v) is 19.2. The molecule has 0 radical (unpaired) electrons. The molecule has 7 nitrogen and oxygen atoms in total. The van der Waals surface area contributed by atoms with Gasteiger partial charge in [0.05, 0.1) is 13.0 Å². The van der Waals surface area contributed by atoms with Crippen LogP contribution in [-0.4, -0.2) is 53.1 Å². The highest BCUT2D eigenvalue weighted by Crippen LogP contribution is 2.33. The highest BCUT2D eigenvalue weighted by Gasteiger charge is 2.32. The van der Waals surface area contributed by atoms with E-state index in [1.165, 1.54) is 58.0 Å².